The molecule has 0 spiro atoms. The minimum atomic E-state index is -0.891. The van der Waals surface area contributed by atoms with E-state index in [0.29, 0.717) is 11.3 Å². The number of ether oxygens (including phenoxy) is 2. The number of esters is 1. The molecule has 0 radical (unpaired) electrons. The Morgan fingerprint density at radius 3 is 2.31 bits per heavy atom. The van der Waals surface area contributed by atoms with Crippen LogP contribution in [0.2, 0.25) is 0 Å². The van der Waals surface area contributed by atoms with Crippen LogP contribution >= 0.6 is 15.9 Å². The molecule has 0 saturated heterocycles. The van der Waals surface area contributed by atoms with Crippen LogP contribution in [0.4, 0.5) is 4.79 Å². The maximum Gasteiger partial charge on any atom is 0.410 e. The molecule has 29 heavy (non-hydrogen) atoms. The van der Waals surface area contributed by atoms with E-state index in [-0.39, 0.29) is 18.9 Å². The van der Waals surface area contributed by atoms with Gasteiger partial charge >= 0.3 is 12.1 Å². The van der Waals surface area contributed by atoms with Crippen LogP contribution in [-0.2, 0) is 16.0 Å². The maximum absolute atomic E-state index is 12.1. The first-order valence-corrected chi connectivity index (χ1v) is 10.0. The number of carbonyl (C=O) groups excluding carboxylic acids is 2. The molecule has 0 heterocycles. The second-order valence-electron chi connectivity index (χ2n) is 7.69. The van der Waals surface area contributed by atoms with Crippen molar-refractivity contribution in [3.8, 4) is 5.75 Å². The van der Waals surface area contributed by atoms with Gasteiger partial charge in [-0.1, -0.05) is 46.3 Å². The average molecular weight is 464 g/mol. The molecule has 156 valence electrons. The fourth-order valence-electron chi connectivity index (χ4n) is 2.50. The molecule has 2 rings (SSSR count). The Morgan fingerprint density at radius 2 is 1.72 bits per heavy atom. The molecule has 0 aliphatic carbocycles. The molecule has 0 aliphatic rings. The third-order valence-electron chi connectivity index (χ3n) is 3.94. The van der Waals surface area contributed by atoms with Crippen molar-refractivity contribution in [2.24, 2.45) is 0 Å². The summed E-state index contributed by atoms with van der Waals surface area (Å²) in [5.41, 5.74) is 0.845. The Balaban J connectivity index is 1.91. The van der Waals surface area contributed by atoms with Crippen molar-refractivity contribution in [3.05, 3.63) is 64.1 Å². The zero-order chi connectivity index (χ0) is 21.6. The first-order chi connectivity index (χ1) is 13.5. The fraction of sp³-hybridized carbons (Fsp3) is 0.364. The van der Waals surface area contributed by atoms with E-state index in [2.05, 4.69) is 15.9 Å². The lowest BCUT2D eigenvalue weighted by molar-refractivity contribution is -0.133. The van der Waals surface area contributed by atoms with Crippen molar-refractivity contribution in [1.29, 1.82) is 0 Å². The highest BCUT2D eigenvalue weighted by Gasteiger charge is 2.22. The average Bonchev–Trinajstić information content (AvgIpc) is 2.62. The molecule has 7 heteroatoms. The number of hydrogen-bond acceptors (Lipinski definition) is 5. The standard InChI is InChI=1S/C22H26BrNO5/c1-22(2,3)29-21(27)24(4)14-19(25)15-9-11-17(12-10-15)28-20(26)13-16-7-5-6-8-18(16)23/h5-12,19,25H,13-14H2,1-4H3. The van der Waals surface area contributed by atoms with Gasteiger partial charge in [0.25, 0.3) is 0 Å². The summed E-state index contributed by atoms with van der Waals surface area (Å²) in [5.74, 6) is 0.00774. The van der Waals surface area contributed by atoms with Crippen LogP contribution in [0.3, 0.4) is 0 Å². The molecule has 0 saturated carbocycles. The molecule has 2 aromatic carbocycles. The van der Waals surface area contributed by atoms with Gasteiger partial charge in [-0.05, 0) is 50.1 Å². The summed E-state index contributed by atoms with van der Waals surface area (Å²) in [5, 5.41) is 10.4. The summed E-state index contributed by atoms with van der Waals surface area (Å²) in [6, 6.07) is 14.0. The number of benzene rings is 2. The summed E-state index contributed by atoms with van der Waals surface area (Å²) >= 11 is 3.41. The lowest BCUT2D eigenvalue weighted by atomic mass is 10.1. The van der Waals surface area contributed by atoms with Gasteiger partial charge in [0.15, 0.2) is 0 Å². The number of hydrogen-bond donors (Lipinski definition) is 1. The number of likely N-dealkylation sites (N-methyl/N-ethyl adjacent to an activating group) is 1. The molecule has 6 nitrogen and oxygen atoms in total. The van der Waals surface area contributed by atoms with Gasteiger partial charge in [0.05, 0.1) is 19.1 Å². The quantitative estimate of drug-likeness (QED) is 0.504. The van der Waals surface area contributed by atoms with Gasteiger partial charge in [-0.25, -0.2) is 4.79 Å². The number of carbonyl (C=O) groups is 2. The van der Waals surface area contributed by atoms with Gasteiger partial charge < -0.3 is 19.5 Å². The zero-order valence-electron chi connectivity index (χ0n) is 17.0. The first-order valence-electron chi connectivity index (χ1n) is 9.21. The van der Waals surface area contributed by atoms with Crippen molar-refractivity contribution in [3.63, 3.8) is 0 Å². The van der Waals surface area contributed by atoms with Crippen molar-refractivity contribution in [2.45, 2.75) is 38.9 Å². The molecule has 2 aromatic rings. The topological polar surface area (TPSA) is 76.1 Å². The summed E-state index contributed by atoms with van der Waals surface area (Å²) < 4.78 is 11.5. The van der Waals surface area contributed by atoms with Gasteiger partial charge in [-0.15, -0.1) is 0 Å². The maximum atomic E-state index is 12.1. The van der Waals surface area contributed by atoms with Crippen molar-refractivity contribution >= 4 is 28.0 Å². The van der Waals surface area contributed by atoms with Crippen LogP contribution in [0.1, 0.15) is 38.0 Å². The molecule has 0 fully saturated rings. The summed E-state index contributed by atoms with van der Waals surface area (Å²) in [4.78, 5) is 25.5. The monoisotopic (exact) mass is 463 g/mol. The Kier molecular flexibility index (Phi) is 7.81. The Bertz CT molecular complexity index is 845. The van der Waals surface area contributed by atoms with Crippen LogP contribution in [0.15, 0.2) is 53.0 Å². The van der Waals surface area contributed by atoms with Crippen LogP contribution in [0.25, 0.3) is 0 Å². The largest absolute Gasteiger partial charge is 0.444 e. The third-order valence-corrected chi connectivity index (χ3v) is 4.71. The van der Waals surface area contributed by atoms with Gasteiger partial charge in [-0.2, -0.15) is 0 Å². The molecule has 0 aliphatic heterocycles. The van der Waals surface area contributed by atoms with Gasteiger partial charge in [-0.3, -0.25) is 4.79 Å². The summed E-state index contributed by atoms with van der Waals surface area (Å²) in [6.07, 6.45) is -1.25. The number of halogens is 1. The number of nitrogens with zero attached hydrogens (tertiary/aromatic N) is 1. The molecular formula is C22H26BrNO5. The van der Waals surface area contributed by atoms with Crippen LogP contribution in [0.5, 0.6) is 5.75 Å². The number of aliphatic hydroxyl groups is 1. The molecular weight excluding hydrogens is 438 g/mol. The minimum absolute atomic E-state index is 0.0794. The van der Waals surface area contributed by atoms with Crippen molar-refractivity contribution in [2.75, 3.05) is 13.6 Å². The minimum Gasteiger partial charge on any atom is -0.444 e. The van der Waals surface area contributed by atoms with Gasteiger partial charge in [0, 0.05) is 11.5 Å². The number of amides is 1. The van der Waals surface area contributed by atoms with E-state index < -0.39 is 17.8 Å². The molecule has 0 bridgehead atoms. The van der Waals surface area contributed by atoms with E-state index in [9.17, 15) is 14.7 Å². The second-order valence-corrected chi connectivity index (χ2v) is 8.54. The molecule has 1 atom stereocenters. The van der Waals surface area contributed by atoms with E-state index in [0.717, 1.165) is 10.0 Å². The predicted octanol–water partition coefficient (Wildman–Crippen LogP) is 4.50. The van der Waals surface area contributed by atoms with E-state index in [1.807, 2.05) is 24.3 Å². The van der Waals surface area contributed by atoms with Crippen LogP contribution < -0.4 is 4.74 Å². The summed E-state index contributed by atoms with van der Waals surface area (Å²) in [7, 11) is 1.56. The highest BCUT2D eigenvalue weighted by molar-refractivity contribution is 9.10. The molecule has 1 N–H and O–H groups in total. The Hall–Kier alpha value is -2.38. The van der Waals surface area contributed by atoms with Crippen molar-refractivity contribution in [1.82, 2.24) is 4.90 Å². The Labute approximate surface area is 179 Å². The number of aliphatic hydroxyl groups excluding tert-OH is 1. The lowest BCUT2D eigenvalue weighted by Gasteiger charge is -2.26. The normalized spacial score (nSPS) is 12.2. The molecule has 1 amide bonds. The number of rotatable bonds is 6. The van der Waals surface area contributed by atoms with E-state index in [1.165, 1.54) is 4.90 Å². The first kappa shape index (κ1) is 22.9. The highest BCUT2D eigenvalue weighted by atomic mass is 79.9. The van der Waals surface area contributed by atoms with Crippen molar-refractivity contribution < 1.29 is 24.2 Å². The summed E-state index contributed by atoms with van der Waals surface area (Å²) in [6.45, 7) is 5.43. The molecule has 1 unspecified atom stereocenters. The predicted molar refractivity (Wildman–Crippen MR) is 114 cm³/mol. The van der Waals surface area contributed by atoms with Gasteiger partial charge in [0.2, 0.25) is 0 Å². The van der Waals surface area contributed by atoms with Crippen LogP contribution in [-0.4, -0.2) is 41.3 Å². The SMILES string of the molecule is CN(CC(O)c1ccc(OC(=O)Cc2ccccc2Br)cc1)C(=O)OC(C)(C)C. The third kappa shape index (κ3) is 7.51. The lowest BCUT2D eigenvalue weighted by Crippen LogP contribution is -2.36. The van der Waals surface area contributed by atoms with Crippen LogP contribution in [0, 0.1) is 0 Å². The zero-order valence-corrected chi connectivity index (χ0v) is 18.6. The fourth-order valence-corrected chi connectivity index (χ4v) is 2.93. The smallest absolute Gasteiger partial charge is 0.410 e. The van der Waals surface area contributed by atoms with E-state index in [4.69, 9.17) is 9.47 Å². The van der Waals surface area contributed by atoms with Gasteiger partial charge in [0.1, 0.15) is 11.4 Å². The second kappa shape index (κ2) is 9.89. The highest BCUT2D eigenvalue weighted by Crippen LogP contribution is 2.21. The van der Waals surface area contributed by atoms with E-state index in [1.54, 1.807) is 52.1 Å². The Morgan fingerprint density at radius 1 is 1.10 bits per heavy atom. The van der Waals surface area contributed by atoms with E-state index >= 15 is 0 Å². The molecule has 0 aromatic heterocycles.